The summed E-state index contributed by atoms with van der Waals surface area (Å²) in [5.41, 5.74) is -0.938. The van der Waals surface area contributed by atoms with Gasteiger partial charge in [-0.05, 0) is 0 Å². The van der Waals surface area contributed by atoms with E-state index >= 15 is 0 Å². The minimum absolute atomic E-state index is 0.406. The fourth-order valence-electron chi connectivity index (χ4n) is 1.35. The highest BCUT2D eigenvalue weighted by atomic mass is 19.4. The Morgan fingerprint density at radius 2 is 1.85 bits per heavy atom. The van der Waals surface area contributed by atoms with Crippen molar-refractivity contribution in [2.24, 2.45) is 7.05 Å². The lowest BCUT2D eigenvalue weighted by molar-refractivity contribution is -0.324. The number of nitrogens with zero attached hydrogens (tertiary/aromatic N) is 2. The molecule has 0 aliphatic carbocycles. The second-order valence-corrected chi connectivity index (χ2v) is 3.71. The number of aryl methyl sites for hydroxylation is 1. The first-order chi connectivity index (χ1) is 8.94. The first-order valence-electron chi connectivity index (χ1n) is 4.93. The summed E-state index contributed by atoms with van der Waals surface area (Å²) < 4.78 is 78.0. The molecule has 1 heterocycles. The molecule has 0 bridgehead atoms. The van der Waals surface area contributed by atoms with Gasteiger partial charge in [0.2, 0.25) is 6.10 Å². The summed E-state index contributed by atoms with van der Waals surface area (Å²) in [7, 11) is 1.17. The molecule has 0 atom stereocenters. The van der Waals surface area contributed by atoms with E-state index in [0.717, 1.165) is 10.9 Å². The minimum Gasteiger partial charge on any atom is -0.478 e. The van der Waals surface area contributed by atoms with Gasteiger partial charge in [-0.3, -0.25) is 4.68 Å². The third kappa shape index (κ3) is 3.62. The van der Waals surface area contributed by atoms with Gasteiger partial charge in [-0.2, -0.15) is 31.4 Å². The number of aromatic nitrogens is 2. The van der Waals surface area contributed by atoms with Gasteiger partial charge in [-0.15, -0.1) is 0 Å². The standard InChI is InChI=1S/C9H8F6N2O3/c1-17-5(4(2-16-17)6(18)19)3-20-7(8(10,11)12)9(13,14)15/h2,7H,3H2,1H3,(H,18,19). The average molecular weight is 306 g/mol. The van der Waals surface area contributed by atoms with E-state index in [0.29, 0.717) is 0 Å². The van der Waals surface area contributed by atoms with Gasteiger partial charge in [-0.25, -0.2) is 4.79 Å². The van der Waals surface area contributed by atoms with Gasteiger partial charge >= 0.3 is 18.3 Å². The normalized spacial score (nSPS) is 13.0. The molecule has 1 N–H and O–H groups in total. The molecule has 0 fully saturated rings. The number of carboxylic acid groups (broad SMARTS) is 1. The molecular weight excluding hydrogens is 298 g/mol. The van der Waals surface area contributed by atoms with E-state index in [1.807, 2.05) is 0 Å². The van der Waals surface area contributed by atoms with Crippen LogP contribution in [0.4, 0.5) is 26.3 Å². The summed E-state index contributed by atoms with van der Waals surface area (Å²) >= 11 is 0. The summed E-state index contributed by atoms with van der Waals surface area (Å²) in [6, 6.07) is 0. The summed E-state index contributed by atoms with van der Waals surface area (Å²) in [4.78, 5) is 10.7. The van der Waals surface area contributed by atoms with Gasteiger partial charge in [0.25, 0.3) is 0 Å². The molecule has 11 heteroatoms. The smallest absolute Gasteiger partial charge is 0.423 e. The van der Waals surface area contributed by atoms with Crippen LogP contribution in [0.5, 0.6) is 0 Å². The Bertz CT molecular complexity index is 479. The van der Waals surface area contributed by atoms with Crippen molar-refractivity contribution in [2.75, 3.05) is 0 Å². The Balaban J connectivity index is 2.95. The monoisotopic (exact) mass is 306 g/mol. The maximum Gasteiger partial charge on any atom is 0.423 e. The Labute approximate surface area is 107 Å². The van der Waals surface area contributed by atoms with Crippen molar-refractivity contribution in [1.82, 2.24) is 9.78 Å². The molecule has 20 heavy (non-hydrogen) atoms. The molecule has 114 valence electrons. The SMILES string of the molecule is Cn1ncc(C(=O)O)c1COC(C(F)(F)F)C(F)(F)F. The lowest BCUT2D eigenvalue weighted by atomic mass is 10.2. The quantitative estimate of drug-likeness (QED) is 0.866. The maximum absolute atomic E-state index is 12.2. The first kappa shape index (κ1) is 16.3. The number of carbonyl (C=O) groups is 1. The van der Waals surface area contributed by atoms with Crippen molar-refractivity contribution in [3.63, 3.8) is 0 Å². The molecule has 5 nitrogen and oxygen atoms in total. The molecule has 0 spiro atoms. The number of aromatic carboxylic acids is 1. The van der Waals surface area contributed by atoms with E-state index in [-0.39, 0.29) is 0 Å². The van der Waals surface area contributed by atoms with Gasteiger partial charge in [0, 0.05) is 7.05 Å². The van der Waals surface area contributed by atoms with Gasteiger partial charge in [0.1, 0.15) is 5.56 Å². The van der Waals surface area contributed by atoms with Crippen molar-refractivity contribution >= 4 is 5.97 Å². The van der Waals surface area contributed by atoms with Crippen LogP contribution in [0.3, 0.4) is 0 Å². The topological polar surface area (TPSA) is 64.4 Å². The summed E-state index contributed by atoms with van der Waals surface area (Å²) in [5, 5.41) is 12.1. The molecule has 1 aromatic rings. The fourth-order valence-corrected chi connectivity index (χ4v) is 1.35. The van der Waals surface area contributed by atoms with E-state index in [9.17, 15) is 31.1 Å². The van der Waals surface area contributed by atoms with Crippen molar-refractivity contribution in [2.45, 2.75) is 25.1 Å². The largest absolute Gasteiger partial charge is 0.478 e. The number of hydrogen-bond donors (Lipinski definition) is 1. The van der Waals surface area contributed by atoms with Crippen molar-refractivity contribution in [1.29, 1.82) is 0 Å². The van der Waals surface area contributed by atoms with Crippen LogP contribution < -0.4 is 0 Å². The molecule has 1 rings (SSSR count). The Morgan fingerprint density at radius 3 is 2.25 bits per heavy atom. The minimum atomic E-state index is -5.65. The Hall–Kier alpha value is -1.78. The zero-order valence-electron chi connectivity index (χ0n) is 9.79. The van der Waals surface area contributed by atoms with E-state index < -0.39 is 42.3 Å². The number of alkyl halides is 6. The van der Waals surface area contributed by atoms with E-state index in [2.05, 4.69) is 9.84 Å². The number of ether oxygens (including phenoxy) is 1. The zero-order valence-corrected chi connectivity index (χ0v) is 9.79. The zero-order chi connectivity index (χ0) is 15.7. The van der Waals surface area contributed by atoms with Gasteiger partial charge < -0.3 is 9.84 Å². The molecule has 0 aromatic carbocycles. The molecule has 0 aliphatic rings. The Kier molecular flexibility index (Phi) is 4.32. The van der Waals surface area contributed by atoms with Gasteiger partial charge in [-0.1, -0.05) is 0 Å². The van der Waals surface area contributed by atoms with E-state index in [4.69, 9.17) is 5.11 Å². The molecular formula is C9H8F6N2O3. The third-order valence-corrected chi connectivity index (χ3v) is 2.27. The van der Waals surface area contributed by atoms with Crippen LogP contribution in [-0.2, 0) is 18.4 Å². The highest BCUT2D eigenvalue weighted by molar-refractivity contribution is 5.88. The predicted molar refractivity (Wildman–Crippen MR) is 50.9 cm³/mol. The average Bonchev–Trinajstić information content (AvgIpc) is 2.56. The van der Waals surface area contributed by atoms with Gasteiger partial charge in [0.15, 0.2) is 0 Å². The second kappa shape index (κ2) is 5.31. The summed E-state index contributed by atoms with van der Waals surface area (Å²) in [6.07, 6.45) is -14.5. The molecule has 0 aliphatic heterocycles. The van der Waals surface area contributed by atoms with E-state index in [1.165, 1.54) is 7.05 Å². The summed E-state index contributed by atoms with van der Waals surface area (Å²) in [5.74, 6) is -1.53. The van der Waals surface area contributed by atoms with Crippen LogP contribution in [0.15, 0.2) is 6.20 Å². The highest BCUT2D eigenvalue weighted by Crippen LogP contribution is 2.36. The van der Waals surface area contributed by atoms with Crippen LogP contribution in [-0.4, -0.2) is 39.3 Å². The molecule has 1 aromatic heterocycles. The second-order valence-electron chi connectivity index (χ2n) is 3.71. The van der Waals surface area contributed by atoms with E-state index in [1.54, 1.807) is 0 Å². The van der Waals surface area contributed by atoms with Crippen molar-refractivity contribution in [3.8, 4) is 0 Å². The molecule has 0 unspecified atom stereocenters. The van der Waals surface area contributed by atoms with Crippen LogP contribution in [0.25, 0.3) is 0 Å². The van der Waals surface area contributed by atoms with Gasteiger partial charge in [0.05, 0.1) is 18.5 Å². The Morgan fingerprint density at radius 1 is 1.35 bits per heavy atom. The van der Waals surface area contributed by atoms with Crippen LogP contribution in [0.1, 0.15) is 16.1 Å². The highest BCUT2D eigenvalue weighted by Gasteiger charge is 2.58. The molecule has 0 saturated heterocycles. The van der Waals surface area contributed by atoms with Crippen LogP contribution >= 0.6 is 0 Å². The number of hydrogen-bond acceptors (Lipinski definition) is 3. The van der Waals surface area contributed by atoms with Crippen molar-refractivity contribution in [3.05, 3.63) is 17.5 Å². The van der Waals surface area contributed by atoms with Crippen LogP contribution in [0, 0.1) is 0 Å². The maximum atomic E-state index is 12.2. The fraction of sp³-hybridized carbons (Fsp3) is 0.556. The summed E-state index contributed by atoms with van der Waals surface area (Å²) in [6.45, 7) is -1.19. The molecule has 0 radical (unpaired) electrons. The van der Waals surface area contributed by atoms with Crippen molar-refractivity contribution < 1.29 is 41.0 Å². The lowest BCUT2D eigenvalue weighted by Crippen LogP contribution is -2.44. The third-order valence-electron chi connectivity index (χ3n) is 2.27. The lowest BCUT2D eigenvalue weighted by Gasteiger charge is -2.23. The van der Waals surface area contributed by atoms with Crippen LogP contribution in [0.2, 0.25) is 0 Å². The first-order valence-corrected chi connectivity index (χ1v) is 4.93. The number of carboxylic acids is 1. The predicted octanol–water partition coefficient (Wildman–Crippen LogP) is 2.13. The number of rotatable bonds is 4. The molecule has 0 amide bonds. The molecule has 0 saturated carbocycles. The number of halogens is 6.